The van der Waals surface area contributed by atoms with Crippen LogP contribution in [0.5, 0.6) is 11.5 Å². The van der Waals surface area contributed by atoms with Crippen molar-refractivity contribution < 1.29 is 17.7 Å². The van der Waals surface area contributed by atoms with Gasteiger partial charge in [0.25, 0.3) is 0 Å². The number of phenolic OH excluding ortho intramolecular Hbond substituents is 1. The second-order valence-corrected chi connectivity index (χ2v) is 6.39. The van der Waals surface area contributed by atoms with Gasteiger partial charge in [-0.1, -0.05) is 29.3 Å². The number of halogens is 2. The SMILES string of the molecule is Cc1cc(O)cc(OS(=O)(=O)c2cccc(Cl)c2Cl)c1. The zero-order chi connectivity index (χ0) is 14.9. The van der Waals surface area contributed by atoms with E-state index < -0.39 is 10.1 Å². The van der Waals surface area contributed by atoms with Gasteiger partial charge in [-0.05, 0) is 36.8 Å². The van der Waals surface area contributed by atoms with Crippen LogP contribution in [0.15, 0.2) is 41.3 Å². The summed E-state index contributed by atoms with van der Waals surface area (Å²) < 4.78 is 29.3. The van der Waals surface area contributed by atoms with Crippen LogP contribution in [0.3, 0.4) is 0 Å². The summed E-state index contributed by atoms with van der Waals surface area (Å²) in [5, 5.41) is 9.45. The van der Waals surface area contributed by atoms with Gasteiger partial charge in [-0.15, -0.1) is 0 Å². The summed E-state index contributed by atoms with van der Waals surface area (Å²) in [5.41, 5.74) is 0.660. The molecule has 0 bridgehead atoms. The highest BCUT2D eigenvalue weighted by molar-refractivity contribution is 7.87. The summed E-state index contributed by atoms with van der Waals surface area (Å²) in [5.74, 6) is -0.0917. The third-order valence-corrected chi connectivity index (χ3v) is 4.65. The second-order valence-electron chi connectivity index (χ2n) is 4.09. The Morgan fingerprint density at radius 2 is 1.85 bits per heavy atom. The van der Waals surface area contributed by atoms with Gasteiger partial charge in [0.2, 0.25) is 0 Å². The molecule has 4 nitrogen and oxygen atoms in total. The van der Waals surface area contributed by atoms with Gasteiger partial charge in [-0.2, -0.15) is 8.42 Å². The number of hydrogen-bond acceptors (Lipinski definition) is 4. The van der Waals surface area contributed by atoms with Crippen molar-refractivity contribution in [2.75, 3.05) is 0 Å². The highest BCUT2D eigenvalue weighted by atomic mass is 35.5. The van der Waals surface area contributed by atoms with Crippen molar-refractivity contribution >= 4 is 33.3 Å². The molecule has 2 aromatic carbocycles. The molecular weight excluding hydrogens is 323 g/mol. The Kier molecular flexibility index (Phi) is 4.13. The minimum absolute atomic E-state index is 0.00135. The van der Waals surface area contributed by atoms with E-state index in [0.29, 0.717) is 5.56 Å². The van der Waals surface area contributed by atoms with Crippen molar-refractivity contribution in [3.63, 3.8) is 0 Å². The molecule has 2 aromatic rings. The minimum atomic E-state index is -4.13. The molecule has 0 aliphatic heterocycles. The summed E-state index contributed by atoms with van der Waals surface area (Å²) >= 11 is 11.6. The molecule has 0 saturated carbocycles. The van der Waals surface area contributed by atoms with Crippen molar-refractivity contribution in [1.29, 1.82) is 0 Å². The number of aryl methyl sites for hydroxylation is 1. The molecule has 0 aliphatic rings. The smallest absolute Gasteiger partial charge is 0.340 e. The third kappa shape index (κ3) is 3.17. The molecule has 0 radical (unpaired) electrons. The molecule has 0 amide bonds. The number of benzene rings is 2. The summed E-state index contributed by atoms with van der Waals surface area (Å²) in [4.78, 5) is -0.229. The Labute approximate surface area is 126 Å². The van der Waals surface area contributed by atoms with Gasteiger partial charge in [-0.25, -0.2) is 0 Å². The van der Waals surface area contributed by atoms with Crippen LogP contribution < -0.4 is 4.18 Å². The molecule has 0 spiro atoms. The molecule has 1 N–H and O–H groups in total. The second kappa shape index (κ2) is 5.52. The van der Waals surface area contributed by atoms with Crippen molar-refractivity contribution in [2.24, 2.45) is 0 Å². The van der Waals surface area contributed by atoms with E-state index in [1.54, 1.807) is 6.92 Å². The van der Waals surface area contributed by atoms with E-state index in [1.165, 1.54) is 36.4 Å². The van der Waals surface area contributed by atoms with Crippen molar-refractivity contribution in [3.8, 4) is 11.5 Å². The molecule has 0 unspecified atom stereocenters. The van der Waals surface area contributed by atoms with Crippen LogP contribution in [-0.4, -0.2) is 13.5 Å². The maximum atomic E-state index is 12.2. The molecule has 106 valence electrons. The van der Waals surface area contributed by atoms with E-state index in [-0.39, 0.29) is 26.4 Å². The maximum Gasteiger partial charge on any atom is 0.340 e. The monoisotopic (exact) mass is 332 g/mol. The molecule has 20 heavy (non-hydrogen) atoms. The van der Waals surface area contributed by atoms with Crippen LogP contribution in [0.1, 0.15) is 5.56 Å². The Morgan fingerprint density at radius 1 is 1.15 bits per heavy atom. The van der Waals surface area contributed by atoms with Crippen LogP contribution in [0.4, 0.5) is 0 Å². The van der Waals surface area contributed by atoms with Crippen LogP contribution in [0.25, 0.3) is 0 Å². The third-order valence-electron chi connectivity index (χ3n) is 2.43. The average Bonchev–Trinajstić information content (AvgIpc) is 2.30. The fourth-order valence-corrected chi connectivity index (χ4v) is 3.28. The fraction of sp³-hybridized carbons (Fsp3) is 0.0769. The summed E-state index contributed by atoms with van der Waals surface area (Å²) in [6, 6.07) is 8.38. The number of phenols is 1. The fourth-order valence-electron chi connectivity index (χ4n) is 1.63. The topological polar surface area (TPSA) is 63.6 Å². The van der Waals surface area contributed by atoms with E-state index in [2.05, 4.69) is 0 Å². The first kappa shape index (κ1) is 15.0. The molecule has 0 saturated heterocycles. The van der Waals surface area contributed by atoms with E-state index >= 15 is 0 Å². The van der Waals surface area contributed by atoms with E-state index in [4.69, 9.17) is 27.4 Å². The standard InChI is InChI=1S/C13H10Cl2O4S/c1-8-5-9(16)7-10(6-8)19-20(17,18)12-4-2-3-11(14)13(12)15/h2-7,16H,1H3. The summed E-state index contributed by atoms with van der Waals surface area (Å²) in [6.07, 6.45) is 0. The molecule has 0 fully saturated rings. The lowest BCUT2D eigenvalue weighted by molar-refractivity contribution is 0.463. The predicted octanol–water partition coefficient (Wildman–Crippen LogP) is 3.78. The highest BCUT2D eigenvalue weighted by Gasteiger charge is 2.22. The Bertz CT molecular complexity index is 737. The lowest BCUT2D eigenvalue weighted by atomic mass is 10.2. The zero-order valence-corrected chi connectivity index (χ0v) is 12.6. The number of hydrogen-bond donors (Lipinski definition) is 1. The maximum absolute atomic E-state index is 12.2. The van der Waals surface area contributed by atoms with Crippen LogP contribution >= 0.6 is 23.2 Å². The normalized spacial score (nSPS) is 11.3. The predicted molar refractivity (Wildman–Crippen MR) is 77.1 cm³/mol. The van der Waals surface area contributed by atoms with Crippen LogP contribution in [0.2, 0.25) is 10.0 Å². The molecule has 0 aromatic heterocycles. The summed E-state index contributed by atoms with van der Waals surface area (Å²) in [7, 11) is -4.13. The average molecular weight is 333 g/mol. The van der Waals surface area contributed by atoms with E-state index in [9.17, 15) is 13.5 Å². The first-order valence-electron chi connectivity index (χ1n) is 5.49. The van der Waals surface area contributed by atoms with Crippen molar-refractivity contribution in [2.45, 2.75) is 11.8 Å². The highest BCUT2D eigenvalue weighted by Crippen LogP contribution is 2.31. The molecule has 0 atom stereocenters. The Hall–Kier alpha value is -1.43. The minimum Gasteiger partial charge on any atom is -0.508 e. The van der Waals surface area contributed by atoms with Crippen molar-refractivity contribution in [3.05, 3.63) is 52.0 Å². The molecule has 7 heteroatoms. The van der Waals surface area contributed by atoms with E-state index in [1.807, 2.05) is 0 Å². The quantitative estimate of drug-likeness (QED) is 0.869. The Morgan fingerprint density at radius 3 is 2.50 bits per heavy atom. The van der Waals surface area contributed by atoms with Gasteiger partial charge < -0.3 is 9.29 Å². The van der Waals surface area contributed by atoms with Gasteiger partial charge >= 0.3 is 10.1 Å². The number of rotatable bonds is 3. The van der Waals surface area contributed by atoms with Gasteiger partial charge in [0.1, 0.15) is 16.4 Å². The van der Waals surface area contributed by atoms with Crippen LogP contribution in [-0.2, 0) is 10.1 Å². The lowest BCUT2D eigenvalue weighted by Gasteiger charge is -2.10. The molecule has 0 heterocycles. The largest absolute Gasteiger partial charge is 0.508 e. The van der Waals surface area contributed by atoms with Gasteiger partial charge in [0.15, 0.2) is 0 Å². The Balaban J connectivity index is 2.43. The zero-order valence-electron chi connectivity index (χ0n) is 10.3. The van der Waals surface area contributed by atoms with E-state index in [0.717, 1.165) is 0 Å². The summed E-state index contributed by atoms with van der Waals surface area (Å²) in [6.45, 7) is 1.70. The van der Waals surface area contributed by atoms with Crippen molar-refractivity contribution in [1.82, 2.24) is 0 Å². The molecular formula is C13H10Cl2O4S. The molecule has 0 aliphatic carbocycles. The first-order chi connectivity index (χ1) is 9.29. The number of aromatic hydroxyl groups is 1. The molecule has 2 rings (SSSR count). The first-order valence-corrected chi connectivity index (χ1v) is 7.65. The van der Waals surface area contributed by atoms with Gasteiger partial charge in [-0.3, -0.25) is 0 Å². The van der Waals surface area contributed by atoms with Gasteiger partial charge in [0.05, 0.1) is 10.0 Å². The van der Waals surface area contributed by atoms with Crippen LogP contribution in [0, 0.1) is 6.92 Å². The lowest BCUT2D eigenvalue weighted by Crippen LogP contribution is -2.10. The van der Waals surface area contributed by atoms with Gasteiger partial charge in [0, 0.05) is 6.07 Å².